The quantitative estimate of drug-likeness (QED) is 0.876. The van der Waals surface area contributed by atoms with Crippen molar-refractivity contribution in [2.75, 3.05) is 32.6 Å². The number of nitrogens with one attached hydrogen (secondary N) is 1. The van der Waals surface area contributed by atoms with Crippen molar-refractivity contribution in [2.24, 2.45) is 5.92 Å². The number of nitrogens with zero attached hydrogens (tertiary/aromatic N) is 1. The third kappa shape index (κ3) is 4.15. The minimum atomic E-state index is -3.33. The highest BCUT2D eigenvalue weighted by Crippen LogP contribution is 2.30. The molecule has 2 heterocycles. The zero-order chi connectivity index (χ0) is 17.2. The van der Waals surface area contributed by atoms with Crippen molar-refractivity contribution in [3.63, 3.8) is 0 Å². The average molecular weight is 352 g/mol. The summed E-state index contributed by atoms with van der Waals surface area (Å²) in [6.07, 6.45) is 2.66. The van der Waals surface area contributed by atoms with Crippen molar-refractivity contribution in [2.45, 2.75) is 24.8 Å². The third-order valence-electron chi connectivity index (χ3n) is 4.80. The number of carbonyl (C=O) groups excluding carboxylic acids is 1. The molecule has 2 fully saturated rings. The van der Waals surface area contributed by atoms with E-state index in [1.54, 1.807) is 0 Å². The molecule has 2 atom stereocenters. The van der Waals surface area contributed by atoms with Gasteiger partial charge < -0.3 is 9.64 Å². The Morgan fingerprint density at radius 2 is 1.83 bits per heavy atom. The molecule has 2 aliphatic heterocycles. The third-order valence-corrected chi connectivity index (χ3v) is 5.53. The summed E-state index contributed by atoms with van der Waals surface area (Å²) in [5, 5.41) is 0. The largest absolute Gasteiger partial charge is 0.381 e. The molecule has 6 nitrogen and oxygen atoms in total. The second-order valence-corrected chi connectivity index (χ2v) is 8.42. The zero-order valence-corrected chi connectivity index (χ0v) is 14.7. The molecule has 2 saturated heterocycles. The van der Waals surface area contributed by atoms with Gasteiger partial charge in [0.05, 0.1) is 6.26 Å². The van der Waals surface area contributed by atoms with E-state index in [2.05, 4.69) is 4.72 Å². The molecule has 3 rings (SSSR count). The fourth-order valence-electron chi connectivity index (χ4n) is 3.62. The van der Waals surface area contributed by atoms with Gasteiger partial charge in [-0.25, -0.2) is 13.1 Å². The fraction of sp³-hybridized carbons (Fsp3) is 0.588. The standard InChI is InChI=1S/C17H24N2O4S/c1-24(21,22)18-16-12-19(17(20)14-7-9-23-10-8-14)11-15(16)13-5-3-2-4-6-13/h2-6,14-16,18H,7-12H2,1H3/t15-,16+/m0/s1. The molecule has 0 spiro atoms. The van der Waals surface area contributed by atoms with E-state index in [4.69, 9.17) is 4.74 Å². The van der Waals surface area contributed by atoms with E-state index < -0.39 is 10.0 Å². The molecular formula is C17H24N2O4S. The van der Waals surface area contributed by atoms with Crippen LogP contribution in [0.3, 0.4) is 0 Å². The van der Waals surface area contributed by atoms with Gasteiger partial charge >= 0.3 is 0 Å². The smallest absolute Gasteiger partial charge is 0.225 e. The van der Waals surface area contributed by atoms with Gasteiger partial charge in [-0.3, -0.25) is 4.79 Å². The molecule has 0 radical (unpaired) electrons. The van der Waals surface area contributed by atoms with Gasteiger partial charge in [0.2, 0.25) is 15.9 Å². The first-order valence-electron chi connectivity index (χ1n) is 8.33. The summed E-state index contributed by atoms with van der Waals surface area (Å²) in [7, 11) is -3.33. The van der Waals surface area contributed by atoms with Gasteiger partial charge in [-0.05, 0) is 18.4 Å². The Bertz CT molecular complexity index is 671. The monoisotopic (exact) mass is 352 g/mol. The van der Waals surface area contributed by atoms with E-state index in [1.807, 2.05) is 35.2 Å². The Kier molecular flexibility index (Phi) is 5.22. The Balaban J connectivity index is 1.77. The SMILES string of the molecule is CS(=O)(=O)N[C@@H]1CN(C(=O)C2CCOCC2)C[C@H]1c1ccccc1. The van der Waals surface area contributed by atoms with Crippen LogP contribution in [0.25, 0.3) is 0 Å². The molecule has 1 amide bonds. The fourth-order valence-corrected chi connectivity index (χ4v) is 4.41. The van der Waals surface area contributed by atoms with Gasteiger partial charge in [0.25, 0.3) is 0 Å². The summed E-state index contributed by atoms with van der Waals surface area (Å²) in [4.78, 5) is 14.6. The van der Waals surface area contributed by atoms with Crippen molar-refractivity contribution in [3.8, 4) is 0 Å². The first kappa shape index (κ1) is 17.4. The first-order chi connectivity index (χ1) is 11.4. The second kappa shape index (κ2) is 7.21. The number of likely N-dealkylation sites (tertiary alicyclic amines) is 1. The van der Waals surface area contributed by atoms with Crippen LogP contribution in [-0.2, 0) is 19.6 Å². The van der Waals surface area contributed by atoms with E-state index in [1.165, 1.54) is 0 Å². The lowest BCUT2D eigenvalue weighted by atomic mass is 9.95. The minimum absolute atomic E-state index is 0.00726. The van der Waals surface area contributed by atoms with Gasteiger partial charge in [0, 0.05) is 44.2 Å². The Hall–Kier alpha value is -1.44. The maximum absolute atomic E-state index is 12.8. The minimum Gasteiger partial charge on any atom is -0.381 e. The molecule has 1 aromatic carbocycles. The molecule has 0 unspecified atom stereocenters. The van der Waals surface area contributed by atoms with Gasteiger partial charge in [0.15, 0.2) is 0 Å². The molecule has 1 N–H and O–H groups in total. The number of rotatable bonds is 4. The molecule has 0 aliphatic carbocycles. The van der Waals surface area contributed by atoms with Gasteiger partial charge in [-0.1, -0.05) is 30.3 Å². The summed E-state index contributed by atoms with van der Waals surface area (Å²) < 4.78 is 31.5. The highest BCUT2D eigenvalue weighted by atomic mass is 32.2. The lowest BCUT2D eigenvalue weighted by molar-refractivity contribution is -0.137. The molecular weight excluding hydrogens is 328 g/mol. The number of ether oxygens (including phenoxy) is 1. The molecule has 2 aliphatic rings. The number of benzene rings is 1. The van der Waals surface area contributed by atoms with Crippen LogP contribution in [0.15, 0.2) is 30.3 Å². The van der Waals surface area contributed by atoms with Crippen molar-refractivity contribution in [3.05, 3.63) is 35.9 Å². The molecule has 7 heteroatoms. The number of carbonyl (C=O) groups is 1. The van der Waals surface area contributed by atoms with Crippen LogP contribution >= 0.6 is 0 Å². The Morgan fingerprint density at radius 1 is 1.17 bits per heavy atom. The van der Waals surface area contributed by atoms with Crippen molar-refractivity contribution < 1.29 is 17.9 Å². The van der Waals surface area contributed by atoms with Crippen LogP contribution in [0.2, 0.25) is 0 Å². The van der Waals surface area contributed by atoms with E-state index >= 15 is 0 Å². The number of hydrogen-bond acceptors (Lipinski definition) is 4. The summed E-state index contributed by atoms with van der Waals surface area (Å²) >= 11 is 0. The lowest BCUT2D eigenvalue weighted by Gasteiger charge is -2.26. The molecule has 24 heavy (non-hydrogen) atoms. The van der Waals surface area contributed by atoms with Crippen molar-refractivity contribution in [1.82, 2.24) is 9.62 Å². The Labute approximate surface area is 143 Å². The normalized spacial score (nSPS) is 25.8. The summed E-state index contributed by atoms with van der Waals surface area (Å²) in [6, 6.07) is 9.51. The van der Waals surface area contributed by atoms with Crippen LogP contribution in [0, 0.1) is 5.92 Å². The summed E-state index contributed by atoms with van der Waals surface area (Å²) in [6.45, 7) is 2.21. The van der Waals surface area contributed by atoms with Crippen LogP contribution in [-0.4, -0.2) is 57.8 Å². The molecule has 0 saturated carbocycles. The van der Waals surface area contributed by atoms with E-state index in [-0.39, 0.29) is 23.8 Å². The van der Waals surface area contributed by atoms with Crippen molar-refractivity contribution >= 4 is 15.9 Å². The number of sulfonamides is 1. The number of amides is 1. The predicted octanol–water partition coefficient (Wildman–Crippen LogP) is 0.957. The molecule has 0 bridgehead atoms. The van der Waals surface area contributed by atoms with Gasteiger partial charge in [-0.2, -0.15) is 0 Å². The first-order valence-corrected chi connectivity index (χ1v) is 10.2. The van der Waals surface area contributed by atoms with Gasteiger partial charge in [-0.15, -0.1) is 0 Å². The average Bonchev–Trinajstić information content (AvgIpc) is 2.97. The van der Waals surface area contributed by atoms with E-state index in [0.717, 1.165) is 24.7 Å². The highest BCUT2D eigenvalue weighted by Gasteiger charge is 2.39. The number of hydrogen-bond donors (Lipinski definition) is 1. The van der Waals surface area contributed by atoms with E-state index in [9.17, 15) is 13.2 Å². The van der Waals surface area contributed by atoms with Gasteiger partial charge in [0.1, 0.15) is 0 Å². The topological polar surface area (TPSA) is 75.7 Å². The van der Waals surface area contributed by atoms with Crippen molar-refractivity contribution in [1.29, 1.82) is 0 Å². The predicted molar refractivity (Wildman–Crippen MR) is 91.1 cm³/mol. The summed E-state index contributed by atoms with van der Waals surface area (Å²) in [5.41, 5.74) is 1.06. The van der Waals surface area contributed by atoms with Crippen LogP contribution in [0.4, 0.5) is 0 Å². The second-order valence-electron chi connectivity index (χ2n) is 6.64. The van der Waals surface area contributed by atoms with Crippen LogP contribution in [0.1, 0.15) is 24.3 Å². The summed E-state index contributed by atoms with van der Waals surface area (Å²) in [5.74, 6) is 0.0916. The van der Waals surface area contributed by atoms with Crippen LogP contribution in [0.5, 0.6) is 0 Å². The Morgan fingerprint density at radius 3 is 2.46 bits per heavy atom. The molecule has 132 valence electrons. The van der Waals surface area contributed by atoms with E-state index in [0.29, 0.717) is 26.3 Å². The maximum Gasteiger partial charge on any atom is 0.225 e. The maximum atomic E-state index is 12.8. The highest BCUT2D eigenvalue weighted by molar-refractivity contribution is 7.88. The zero-order valence-electron chi connectivity index (χ0n) is 13.8. The molecule has 0 aromatic heterocycles. The molecule has 1 aromatic rings. The van der Waals surface area contributed by atoms with Crippen LogP contribution < -0.4 is 4.72 Å². The lowest BCUT2D eigenvalue weighted by Crippen LogP contribution is -2.41.